The average molecular weight is 372 g/mol. The maximum Gasteiger partial charge on any atom is 0.243 e. The Morgan fingerprint density at radius 1 is 1.18 bits per heavy atom. The van der Waals surface area contributed by atoms with E-state index in [1.54, 1.807) is 0 Å². The topological polar surface area (TPSA) is 94.8 Å². The first kappa shape index (κ1) is 17.8. The summed E-state index contributed by atoms with van der Waals surface area (Å²) >= 11 is 0. The molecule has 4 rings (SSSR count). The molecule has 2 heterocycles. The van der Waals surface area contributed by atoms with Crippen LogP contribution in [0, 0.1) is 36.5 Å². The molecule has 0 saturated heterocycles. The van der Waals surface area contributed by atoms with Gasteiger partial charge in [-0.2, -0.15) is 5.26 Å². The van der Waals surface area contributed by atoms with Gasteiger partial charge in [0.15, 0.2) is 0 Å². The molecule has 0 radical (unpaired) electrons. The van der Waals surface area contributed by atoms with Gasteiger partial charge in [-0.05, 0) is 42.7 Å². The molecule has 0 bridgehead atoms. The van der Waals surface area contributed by atoms with Crippen molar-refractivity contribution in [2.45, 2.75) is 26.4 Å². The van der Waals surface area contributed by atoms with Gasteiger partial charge in [0.25, 0.3) is 0 Å². The number of aromatic nitrogens is 2. The Morgan fingerprint density at radius 3 is 2.64 bits per heavy atom. The van der Waals surface area contributed by atoms with Crippen molar-refractivity contribution >= 4 is 5.90 Å². The highest BCUT2D eigenvalue weighted by Gasteiger charge is 2.39. The zero-order valence-electron chi connectivity index (χ0n) is 15.7. The Kier molecular flexibility index (Phi) is 4.58. The van der Waals surface area contributed by atoms with Gasteiger partial charge in [0.1, 0.15) is 18.3 Å². The number of nitriles is 1. The smallest absolute Gasteiger partial charge is 0.243 e. The van der Waals surface area contributed by atoms with Crippen molar-refractivity contribution in [3.63, 3.8) is 0 Å². The van der Waals surface area contributed by atoms with Crippen molar-refractivity contribution < 1.29 is 9.47 Å². The van der Waals surface area contributed by atoms with E-state index in [-0.39, 0.29) is 11.8 Å². The minimum absolute atomic E-state index is 0.0774. The van der Waals surface area contributed by atoms with Crippen molar-refractivity contribution in [1.29, 1.82) is 10.7 Å². The second-order valence-electron chi connectivity index (χ2n) is 6.90. The molecule has 2 unspecified atom stereocenters. The molecule has 3 aromatic rings. The maximum absolute atomic E-state index is 9.61. The van der Waals surface area contributed by atoms with Crippen LogP contribution in [-0.2, 0) is 6.61 Å². The molecule has 140 valence electrons. The number of aromatic amines is 1. The number of rotatable bonds is 4. The minimum Gasteiger partial charge on any atom is -0.489 e. The van der Waals surface area contributed by atoms with Crippen LogP contribution in [-0.4, -0.2) is 16.1 Å². The van der Waals surface area contributed by atoms with Gasteiger partial charge in [-0.3, -0.25) is 10.5 Å². The largest absolute Gasteiger partial charge is 0.489 e. The molecule has 1 aromatic heterocycles. The summed E-state index contributed by atoms with van der Waals surface area (Å²) < 4.78 is 11.3. The number of H-pyrrole nitrogens is 1. The number of hydrogen-bond acceptors (Lipinski definition) is 5. The van der Waals surface area contributed by atoms with E-state index in [1.807, 2.05) is 43.3 Å². The van der Waals surface area contributed by atoms with Crippen LogP contribution in [0.4, 0.5) is 0 Å². The standard InChI is InChI=1S/C22H20N4O2/c1-13-5-3-4-6-16(13)12-27-17-9-7-15(8-10-17)20-18(11-23)21(24)28-22-19(20)14(2)25-26-22/h3-10,18,20,24H,12H2,1-2H3,(H,25,26). The molecule has 28 heavy (non-hydrogen) atoms. The lowest BCUT2D eigenvalue weighted by Gasteiger charge is -2.27. The summed E-state index contributed by atoms with van der Waals surface area (Å²) in [4.78, 5) is 0. The Bertz CT molecular complexity index is 1060. The lowest BCUT2D eigenvalue weighted by atomic mass is 9.79. The first-order valence-electron chi connectivity index (χ1n) is 9.06. The summed E-state index contributed by atoms with van der Waals surface area (Å²) in [5.74, 6) is 0.0602. The van der Waals surface area contributed by atoms with E-state index < -0.39 is 5.92 Å². The zero-order valence-corrected chi connectivity index (χ0v) is 15.7. The van der Waals surface area contributed by atoms with Crippen LogP contribution in [0.1, 0.15) is 33.9 Å². The van der Waals surface area contributed by atoms with Crippen LogP contribution < -0.4 is 9.47 Å². The van der Waals surface area contributed by atoms with Gasteiger partial charge in [-0.15, -0.1) is 5.10 Å². The van der Waals surface area contributed by atoms with Crippen molar-refractivity contribution in [3.05, 3.63) is 76.5 Å². The summed E-state index contributed by atoms with van der Waals surface area (Å²) in [6.07, 6.45) is 0. The number of nitrogens with zero attached hydrogens (tertiary/aromatic N) is 2. The monoisotopic (exact) mass is 372 g/mol. The summed E-state index contributed by atoms with van der Waals surface area (Å²) in [6, 6.07) is 18.0. The molecule has 0 aliphatic carbocycles. The van der Waals surface area contributed by atoms with Gasteiger partial charge in [-0.1, -0.05) is 36.4 Å². The van der Waals surface area contributed by atoms with Crippen LogP contribution in [0.15, 0.2) is 48.5 Å². The third-order valence-corrected chi connectivity index (χ3v) is 5.13. The summed E-state index contributed by atoms with van der Waals surface area (Å²) in [5, 5.41) is 24.7. The fourth-order valence-electron chi connectivity index (χ4n) is 3.54. The van der Waals surface area contributed by atoms with E-state index in [0.29, 0.717) is 12.5 Å². The number of ether oxygens (including phenoxy) is 2. The maximum atomic E-state index is 9.61. The molecule has 6 heteroatoms. The molecule has 0 saturated carbocycles. The highest BCUT2D eigenvalue weighted by molar-refractivity contribution is 5.84. The number of nitrogens with one attached hydrogen (secondary N) is 2. The normalized spacial score (nSPS) is 18.1. The van der Waals surface area contributed by atoms with E-state index in [2.05, 4.69) is 35.3 Å². The van der Waals surface area contributed by atoms with Gasteiger partial charge in [-0.25, -0.2) is 0 Å². The van der Waals surface area contributed by atoms with Crippen LogP contribution in [0.25, 0.3) is 0 Å². The Hall–Kier alpha value is -3.59. The average Bonchev–Trinajstić information content (AvgIpc) is 3.07. The zero-order chi connectivity index (χ0) is 19.7. The second kappa shape index (κ2) is 7.20. The van der Waals surface area contributed by atoms with E-state index >= 15 is 0 Å². The molecule has 0 spiro atoms. The predicted molar refractivity (Wildman–Crippen MR) is 105 cm³/mol. The van der Waals surface area contributed by atoms with Crippen molar-refractivity contribution in [2.24, 2.45) is 5.92 Å². The molecule has 0 amide bonds. The molecule has 2 aromatic carbocycles. The van der Waals surface area contributed by atoms with Crippen LogP contribution in [0.3, 0.4) is 0 Å². The van der Waals surface area contributed by atoms with E-state index in [9.17, 15) is 5.26 Å². The lowest BCUT2D eigenvalue weighted by molar-refractivity contribution is 0.305. The lowest BCUT2D eigenvalue weighted by Crippen LogP contribution is -2.30. The molecule has 2 atom stereocenters. The summed E-state index contributed by atoms with van der Waals surface area (Å²) in [7, 11) is 0. The van der Waals surface area contributed by atoms with Crippen LogP contribution in [0.2, 0.25) is 0 Å². The van der Waals surface area contributed by atoms with E-state index in [0.717, 1.165) is 28.1 Å². The minimum atomic E-state index is -0.692. The van der Waals surface area contributed by atoms with Gasteiger partial charge >= 0.3 is 0 Å². The molecule has 1 aliphatic rings. The quantitative estimate of drug-likeness (QED) is 0.716. The summed E-state index contributed by atoms with van der Waals surface area (Å²) in [6.45, 7) is 4.46. The van der Waals surface area contributed by atoms with Crippen LogP contribution >= 0.6 is 0 Å². The van der Waals surface area contributed by atoms with Gasteiger partial charge in [0, 0.05) is 17.2 Å². The first-order chi connectivity index (χ1) is 13.6. The number of aryl methyl sites for hydroxylation is 2. The SMILES string of the molecule is Cc1ccccc1COc1ccc(C2c3c(n[nH]c3C)OC(=N)C2C#N)cc1. The number of hydrogen-bond donors (Lipinski definition) is 2. The molecule has 0 fully saturated rings. The number of fused-ring (bicyclic) bond motifs is 1. The molecule has 6 nitrogen and oxygen atoms in total. The molecular formula is C22H20N4O2. The second-order valence-corrected chi connectivity index (χ2v) is 6.90. The van der Waals surface area contributed by atoms with Crippen molar-refractivity contribution in [2.75, 3.05) is 0 Å². The van der Waals surface area contributed by atoms with Crippen molar-refractivity contribution in [1.82, 2.24) is 10.2 Å². The Balaban J connectivity index is 1.59. The van der Waals surface area contributed by atoms with Crippen LogP contribution in [0.5, 0.6) is 11.6 Å². The third-order valence-electron chi connectivity index (χ3n) is 5.13. The first-order valence-corrected chi connectivity index (χ1v) is 9.06. The predicted octanol–water partition coefficient (Wildman–Crippen LogP) is 4.25. The number of benzene rings is 2. The highest BCUT2D eigenvalue weighted by atomic mass is 16.5. The molecule has 2 N–H and O–H groups in total. The Morgan fingerprint density at radius 2 is 1.93 bits per heavy atom. The highest BCUT2D eigenvalue weighted by Crippen LogP contribution is 2.42. The van der Waals surface area contributed by atoms with Gasteiger partial charge in [0.2, 0.25) is 11.8 Å². The molecular weight excluding hydrogens is 352 g/mol. The Labute approximate surface area is 163 Å². The molecule has 1 aliphatic heterocycles. The third kappa shape index (κ3) is 3.12. The fraction of sp³-hybridized carbons (Fsp3) is 0.227. The fourth-order valence-corrected chi connectivity index (χ4v) is 3.54. The summed E-state index contributed by atoms with van der Waals surface area (Å²) in [5.41, 5.74) is 4.93. The van der Waals surface area contributed by atoms with E-state index in [1.165, 1.54) is 5.56 Å². The van der Waals surface area contributed by atoms with Gasteiger partial charge < -0.3 is 9.47 Å². The van der Waals surface area contributed by atoms with Gasteiger partial charge in [0.05, 0.1) is 6.07 Å². The van der Waals surface area contributed by atoms with E-state index in [4.69, 9.17) is 14.9 Å². The van der Waals surface area contributed by atoms with Crippen molar-refractivity contribution in [3.8, 4) is 17.7 Å².